The van der Waals surface area contributed by atoms with Crippen molar-refractivity contribution in [1.29, 1.82) is 0 Å². The first-order valence-corrected chi connectivity index (χ1v) is 6.99. The van der Waals surface area contributed by atoms with E-state index in [-0.39, 0.29) is 5.82 Å². The molecule has 3 rings (SSSR count). The van der Waals surface area contributed by atoms with Gasteiger partial charge in [-0.1, -0.05) is 18.2 Å². The first-order valence-electron chi connectivity index (χ1n) is 6.99. The van der Waals surface area contributed by atoms with Crippen LogP contribution in [0, 0.1) is 5.82 Å². The second-order valence-electron chi connectivity index (χ2n) is 4.80. The highest BCUT2D eigenvalue weighted by molar-refractivity contribution is 5.76. The van der Waals surface area contributed by atoms with Crippen molar-refractivity contribution in [3.63, 3.8) is 0 Å². The van der Waals surface area contributed by atoms with E-state index < -0.39 is 0 Å². The summed E-state index contributed by atoms with van der Waals surface area (Å²) in [6.45, 7) is 0.477. The van der Waals surface area contributed by atoms with E-state index in [1.165, 1.54) is 18.5 Å². The van der Waals surface area contributed by atoms with Gasteiger partial charge in [-0.05, 0) is 29.8 Å². The number of rotatable bonds is 5. The number of aromatic nitrogens is 3. The molecule has 0 unspecified atom stereocenters. The number of nitrogens with two attached hydrogens (primary N) is 1. The summed E-state index contributed by atoms with van der Waals surface area (Å²) in [5.74, 6) is 1.35. The highest BCUT2D eigenvalue weighted by Crippen LogP contribution is 2.25. The maximum absolute atomic E-state index is 12.9. The SMILES string of the molecule is Nc1c(NCc2ccc(F)cc2)ncnc1Nc1ccccn1. The van der Waals surface area contributed by atoms with Gasteiger partial charge in [0.05, 0.1) is 0 Å². The summed E-state index contributed by atoms with van der Waals surface area (Å²) in [4.78, 5) is 12.4. The van der Waals surface area contributed by atoms with E-state index in [2.05, 4.69) is 25.6 Å². The molecule has 2 aromatic heterocycles. The molecule has 0 aliphatic rings. The lowest BCUT2D eigenvalue weighted by molar-refractivity contribution is 0.627. The Balaban J connectivity index is 1.73. The van der Waals surface area contributed by atoms with E-state index in [0.29, 0.717) is 29.7 Å². The van der Waals surface area contributed by atoms with Crippen molar-refractivity contribution in [2.45, 2.75) is 6.54 Å². The molecule has 0 fully saturated rings. The molecular weight excluding hydrogens is 295 g/mol. The van der Waals surface area contributed by atoms with Crippen LogP contribution in [0.25, 0.3) is 0 Å². The zero-order chi connectivity index (χ0) is 16.1. The predicted octanol–water partition coefficient (Wildman–Crippen LogP) is 2.95. The van der Waals surface area contributed by atoms with Crippen molar-refractivity contribution in [3.05, 3.63) is 66.4 Å². The number of halogens is 1. The first kappa shape index (κ1) is 14.7. The summed E-state index contributed by atoms with van der Waals surface area (Å²) in [6.07, 6.45) is 3.09. The molecule has 0 aliphatic heterocycles. The summed E-state index contributed by atoms with van der Waals surface area (Å²) in [6, 6.07) is 11.7. The summed E-state index contributed by atoms with van der Waals surface area (Å²) in [5.41, 5.74) is 7.39. The summed E-state index contributed by atoms with van der Waals surface area (Å²) in [5, 5.41) is 6.16. The minimum atomic E-state index is -0.267. The molecule has 0 spiro atoms. The maximum Gasteiger partial charge on any atom is 0.160 e. The number of hydrogen-bond donors (Lipinski definition) is 3. The van der Waals surface area contributed by atoms with Crippen molar-refractivity contribution in [2.24, 2.45) is 0 Å². The largest absolute Gasteiger partial charge is 0.393 e. The monoisotopic (exact) mass is 310 g/mol. The number of nitrogens with one attached hydrogen (secondary N) is 2. The highest BCUT2D eigenvalue weighted by atomic mass is 19.1. The number of anilines is 4. The van der Waals surface area contributed by atoms with Crippen LogP contribution in [-0.4, -0.2) is 15.0 Å². The van der Waals surface area contributed by atoms with Gasteiger partial charge in [-0.25, -0.2) is 19.3 Å². The minimum absolute atomic E-state index is 0.267. The number of nitrogen functional groups attached to an aromatic ring is 1. The minimum Gasteiger partial charge on any atom is -0.393 e. The maximum atomic E-state index is 12.9. The number of hydrogen-bond acceptors (Lipinski definition) is 6. The normalized spacial score (nSPS) is 10.3. The second-order valence-corrected chi connectivity index (χ2v) is 4.80. The summed E-state index contributed by atoms with van der Waals surface area (Å²) in [7, 11) is 0. The molecule has 1 aromatic carbocycles. The average Bonchev–Trinajstić information content (AvgIpc) is 2.58. The van der Waals surface area contributed by atoms with Crippen molar-refractivity contribution < 1.29 is 4.39 Å². The van der Waals surface area contributed by atoms with E-state index in [0.717, 1.165) is 5.56 Å². The van der Waals surface area contributed by atoms with Crippen LogP contribution in [0.15, 0.2) is 55.0 Å². The van der Waals surface area contributed by atoms with E-state index in [1.54, 1.807) is 18.3 Å². The van der Waals surface area contributed by atoms with Crippen LogP contribution in [-0.2, 0) is 6.54 Å². The second kappa shape index (κ2) is 6.69. The Kier molecular flexibility index (Phi) is 4.28. The van der Waals surface area contributed by atoms with Gasteiger partial charge in [0.25, 0.3) is 0 Å². The summed E-state index contributed by atoms with van der Waals surface area (Å²) >= 11 is 0. The van der Waals surface area contributed by atoms with Gasteiger partial charge in [-0.3, -0.25) is 0 Å². The smallest absolute Gasteiger partial charge is 0.160 e. The molecule has 0 bridgehead atoms. The molecule has 2 heterocycles. The average molecular weight is 310 g/mol. The van der Waals surface area contributed by atoms with Crippen LogP contribution in [0.5, 0.6) is 0 Å². The Hall–Kier alpha value is -3.22. The van der Waals surface area contributed by atoms with Crippen LogP contribution in [0.4, 0.5) is 27.5 Å². The zero-order valence-corrected chi connectivity index (χ0v) is 12.2. The fourth-order valence-corrected chi connectivity index (χ4v) is 1.98. The molecule has 3 aromatic rings. The van der Waals surface area contributed by atoms with Gasteiger partial charge >= 0.3 is 0 Å². The van der Waals surface area contributed by atoms with Crippen molar-refractivity contribution in [2.75, 3.05) is 16.4 Å². The molecule has 0 atom stereocenters. The molecule has 0 amide bonds. The fraction of sp³-hybridized carbons (Fsp3) is 0.0625. The van der Waals surface area contributed by atoms with Gasteiger partial charge in [-0.15, -0.1) is 0 Å². The lowest BCUT2D eigenvalue weighted by atomic mass is 10.2. The van der Waals surface area contributed by atoms with E-state index in [9.17, 15) is 4.39 Å². The summed E-state index contributed by atoms with van der Waals surface area (Å²) < 4.78 is 12.9. The molecule has 23 heavy (non-hydrogen) atoms. The predicted molar refractivity (Wildman–Crippen MR) is 87.7 cm³/mol. The Morgan fingerprint density at radius 1 is 0.957 bits per heavy atom. The molecule has 7 heteroatoms. The van der Waals surface area contributed by atoms with E-state index in [1.807, 2.05) is 18.2 Å². The van der Waals surface area contributed by atoms with E-state index >= 15 is 0 Å². The third-order valence-electron chi connectivity index (χ3n) is 3.17. The third kappa shape index (κ3) is 3.70. The molecule has 0 radical (unpaired) electrons. The van der Waals surface area contributed by atoms with Gasteiger partial charge in [-0.2, -0.15) is 0 Å². The van der Waals surface area contributed by atoms with Crippen LogP contribution in [0.2, 0.25) is 0 Å². The van der Waals surface area contributed by atoms with Gasteiger partial charge in [0.2, 0.25) is 0 Å². The number of nitrogens with zero attached hydrogens (tertiary/aromatic N) is 3. The zero-order valence-electron chi connectivity index (χ0n) is 12.2. The first-order chi connectivity index (χ1) is 11.2. The van der Waals surface area contributed by atoms with Crippen molar-refractivity contribution in [3.8, 4) is 0 Å². The quantitative estimate of drug-likeness (QED) is 0.671. The lowest BCUT2D eigenvalue weighted by Crippen LogP contribution is -2.08. The van der Waals surface area contributed by atoms with Crippen molar-refractivity contribution in [1.82, 2.24) is 15.0 Å². The Bertz CT molecular complexity index is 776. The molecular formula is C16H15FN6. The third-order valence-corrected chi connectivity index (χ3v) is 3.17. The van der Waals surface area contributed by atoms with E-state index in [4.69, 9.17) is 5.73 Å². The molecule has 4 N–H and O–H groups in total. The Labute approximate surface area is 132 Å². The topological polar surface area (TPSA) is 88.8 Å². The van der Waals surface area contributed by atoms with Crippen LogP contribution >= 0.6 is 0 Å². The molecule has 0 saturated carbocycles. The highest BCUT2D eigenvalue weighted by Gasteiger charge is 2.08. The van der Waals surface area contributed by atoms with Crippen LogP contribution in [0.1, 0.15) is 5.56 Å². The van der Waals surface area contributed by atoms with Crippen LogP contribution < -0.4 is 16.4 Å². The van der Waals surface area contributed by atoms with Gasteiger partial charge in [0.1, 0.15) is 23.6 Å². The molecule has 0 saturated heterocycles. The number of benzene rings is 1. The molecule has 6 nitrogen and oxygen atoms in total. The van der Waals surface area contributed by atoms with Gasteiger partial charge < -0.3 is 16.4 Å². The Morgan fingerprint density at radius 2 is 1.74 bits per heavy atom. The van der Waals surface area contributed by atoms with Gasteiger partial charge in [0, 0.05) is 12.7 Å². The lowest BCUT2D eigenvalue weighted by Gasteiger charge is -2.12. The van der Waals surface area contributed by atoms with Gasteiger partial charge in [0.15, 0.2) is 11.6 Å². The molecule has 0 aliphatic carbocycles. The Morgan fingerprint density at radius 3 is 2.48 bits per heavy atom. The standard InChI is InChI=1S/C16H15FN6/c17-12-6-4-11(5-7-12)9-20-15-14(18)16(22-10-21-15)23-13-3-1-2-8-19-13/h1-8,10H,9,18H2,(H2,19,20,21,22,23). The van der Waals surface area contributed by atoms with Crippen molar-refractivity contribution >= 4 is 23.1 Å². The van der Waals surface area contributed by atoms with Crippen LogP contribution in [0.3, 0.4) is 0 Å². The molecule has 116 valence electrons. The fourth-order valence-electron chi connectivity index (χ4n) is 1.98. The number of pyridine rings is 1.